The van der Waals surface area contributed by atoms with Crippen molar-refractivity contribution in [2.45, 2.75) is 52.1 Å². The van der Waals surface area contributed by atoms with Gasteiger partial charge in [0.15, 0.2) is 11.9 Å². The van der Waals surface area contributed by atoms with E-state index in [1.54, 1.807) is 18.2 Å². The van der Waals surface area contributed by atoms with E-state index in [-0.39, 0.29) is 5.75 Å². The van der Waals surface area contributed by atoms with Crippen LogP contribution in [0.25, 0.3) is 0 Å². The molecule has 0 spiro atoms. The van der Waals surface area contributed by atoms with Crippen molar-refractivity contribution >= 4 is 11.9 Å². The summed E-state index contributed by atoms with van der Waals surface area (Å²) in [4.78, 5) is 35.0. The van der Waals surface area contributed by atoms with Gasteiger partial charge in [0.2, 0.25) is 5.43 Å². The summed E-state index contributed by atoms with van der Waals surface area (Å²) < 4.78 is 10.1. The third-order valence-corrected chi connectivity index (χ3v) is 3.06. The van der Waals surface area contributed by atoms with Crippen LogP contribution in [0.3, 0.4) is 0 Å². The van der Waals surface area contributed by atoms with E-state index >= 15 is 0 Å². The molecule has 0 saturated carbocycles. The summed E-state index contributed by atoms with van der Waals surface area (Å²) >= 11 is 0. The summed E-state index contributed by atoms with van der Waals surface area (Å²) in [6.07, 6.45) is 3.26. The lowest BCUT2D eigenvalue weighted by Crippen LogP contribution is -2.31. The Balaban J connectivity index is 2.72. The molecule has 1 aromatic carbocycles. The summed E-state index contributed by atoms with van der Waals surface area (Å²) in [5.74, 6) is -1.32. The Morgan fingerprint density at radius 2 is 1.82 bits per heavy atom. The average molecular weight is 306 g/mol. The third kappa shape index (κ3) is 6.52. The van der Waals surface area contributed by atoms with Crippen LogP contribution in [-0.2, 0) is 14.3 Å². The zero-order chi connectivity index (χ0) is 16.4. The van der Waals surface area contributed by atoms with Crippen molar-refractivity contribution in [3.63, 3.8) is 0 Å². The third-order valence-electron chi connectivity index (χ3n) is 3.06. The first-order valence-corrected chi connectivity index (χ1v) is 7.53. The molecule has 0 aliphatic rings. The molecule has 0 bridgehead atoms. The average Bonchev–Trinajstić information content (AvgIpc) is 2.67. The number of hydrogen-bond acceptors (Lipinski definition) is 5. The van der Waals surface area contributed by atoms with Gasteiger partial charge in [0.05, 0.1) is 0 Å². The number of esters is 2. The fourth-order valence-corrected chi connectivity index (χ4v) is 1.95. The second kappa shape index (κ2) is 9.71. The van der Waals surface area contributed by atoms with Gasteiger partial charge >= 0.3 is 11.9 Å². The zero-order valence-corrected chi connectivity index (χ0v) is 13.0. The number of hydrogen-bond donors (Lipinski definition) is 0. The molecule has 0 aliphatic heterocycles. The van der Waals surface area contributed by atoms with Crippen LogP contribution in [0.1, 0.15) is 46.0 Å². The molecular weight excluding hydrogens is 284 g/mol. The van der Waals surface area contributed by atoms with Crippen molar-refractivity contribution < 1.29 is 19.1 Å². The van der Waals surface area contributed by atoms with E-state index in [2.05, 4.69) is 6.92 Å². The van der Waals surface area contributed by atoms with E-state index in [1.807, 2.05) is 0 Å². The molecule has 0 aromatic heterocycles. The molecule has 0 heterocycles. The summed E-state index contributed by atoms with van der Waals surface area (Å²) in [5.41, 5.74) is -0.397. The predicted molar refractivity (Wildman–Crippen MR) is 82.7 cm³/mol. The maximum absolute atomic E-state index is 12.1. The summed E-state index contributed by atoms with van der Waals surface area (Å²) in [6, 6.07) is 7.56. The van der Waals surface area contributed by atoms with Gasteiger partial charge in [-0.05, 0) is 25.0 Å². The number of rotatable bonds is 8. The van der Waals surface area contributed by atoms with Crippen LogP contribution >= 0.6 is 0 Å². The lowest BCUT2D eigenvalue weighted by Gasteiger charge is -2.15. The topological polar surface area (TPSA) is 69.7 Å². The first-order chi connectivity index (χ1) is 10.5. The highest BCUT2D eigenvalue weighted by molar-refractivity contribution is 5.80. The predicted octanol–water partition coefficient (Wildman–Crippen LogP) is 2.85. The molecule has 0 N–H and O–H groups in total. The maximum Gasteiger partial charge on any atom is 0.352 e. The smallest absolute Gasteiger partial charge is 0.352 e. The van der Waals surface area contributed by atoms with Gasteiger partial charge in [-0.25, -0.2) is 4.79 Å². The molecule has 0 radical (unpaired) electrons. The maximum atomic E-state index is 12.1. The Bertz CT molecular complexity index is 553. The minimum atomic E-state index is -0.973. The minimum Gasteiger partial charge on any atom is -0.451 e. The molecule has 0 aliphatic carbocycles. The van der Waals surface area contributed by atoms with E-state index in [0.29, 0.717) is 6.42 Å². The van der Waals surface area contributed by atoms with Gasteiger partial charge in [-0.15, -0.1) is 0 Å². The molecule has 1 rings (SSSR count). The number of carbonyl (C=O) groups is 2. The quantitative estimate of drug-likeness (QED) is 0.545. The van der Waals surface area contributed by atoms with E-state index in [1.165, 1.54) is 19.1 Å². The van der Waals surface area contributed by atoms with E-state index < -0.39 is 23.5 Å². The molecule has 22 heavy (non-hydrogen) atoms. The molecule has 1 unspecified atom stereocenters. The van der Waals surface area contributed by atoms with Crippen molar-refractivity contribution in [2.24, 2.45) is 0 Å². The van der Waals surface area contributed by atoms with Crippen LogP contribution < -0.4 is 10.2 Å². The van der Waals surface area contributed by atoms with Crippen molar-refractivity contribution in [1.82, 2.24) is 0 Å². The van der Waals surface area contributed by atoms with E-state index in [4.69, 9.17) is 9.47 Å². The summed E-state index contributed by atoms with van der Waals surface area (Å²) in [5, 5.41) is 0. The largest absolute Gasteiger partial charge is 0.451 e. The van der Waals surface area contributed by atoms with Crippen LogP contribution in [0.4, 0.5) is 0 Å². The van der Waals surface area contributed by atoms with Crippen molar-refractivity contribution in [1.29, 1.82) is 0 Å². The minimum absolute atomic E-state index is 0.0688. The number of carbonyl (C=O) groups excluding carboxylic acids is 2. The molecule has 0 amide bonds. The summed E-state index contributed by atoms with van der Waals surface area (Å²) in [7, 11) is 0. The van der Waals surface area contributed by atoms with Crippen LogP contribution in [0.2, 0.25) is 0 Å². The second-order valence-corrected chi connectivity index (χ2v) is 5.01. The molecule has 120 valence electrons. The van der Waals surface area contributed by atoms with Crippen molar-refractivity contribution in [3.05, 3.63) is 40.6 Å². The molecular formula is C17H22O5. The van der Waals surface area contributed by atoms with Crippen LogP contribution in [0.15, 0.2) is 35.1 Å². The molecule has 5 heteroatoms. The Labute approximate surface area is 130 Å². The van der Waals surface area contributed by atoms with Gasteiger partial charge < -0.3 is 9.47 Å². The SMILES string of the molecule is CCCCCCC(OC(C)=O)C(=O)Oc1cccccc1=O. The van der Waals surface area contributed by atoms with Gasteiger partial charge in [-0.1, -0.05) is 44.4 Å². The fourth-order valence-electron chi connectivity index (χ4n) is 1.95. The van der Waals surface area contributed by atoms with Crippen LogP contribution in [0, 0.1) is 0 Å². The van der Waals surface area contributed by atoms with Gasteiger partial charge in [0, 0.05) is 6.92 Å². The fraction of sp³-hybridized carbons (Fsp3) is 0.471. The highest BCUT2D eigenvalue weighted by atomic mass is 16.6. The highest BCUT2D eigenvalue weighted by Gasteiger charge is 2.24. The van der Waals surface area contributed by atoms with Crippen LogP contribution in [-0.4, -0.2) is 18.0 Å². The van der Waals surface area contributed by atoms with Gasteiger partial charge in [0.25, 0.3) is 0 Å². The monoisotopic (exact) mass is 306 g/mol. The van der Waals surface area contributed by atoms with Crippen molar-refractivity contribution in [2.75, 3.05) is 0 Å². The standard InChI is InChI=1S/C17H22O5/c1-3-4-5-8-12-16(21-13(2)18)17(20)22-15-11-9-6-7-10-14(15)19/h6-7,9-11,16H,3-5,8,12H2,1-2H3. The molecule has 0 saturated heterocycles. The Morgan fingerprint density at radius 3 is 2.50 bits per heavy atom. The number of ether oxygens (including phenoxy) is 2. The lowest BCUT2D eigenvalue weighted by atomic mass is 10.1. The first kappa shape index (κ1) is 17.9. The van der Waals surface area contributed by atoms with Crippen LogP contribution in [0.5, 0.6) is 5.75 Å². The first-order valence-electron chi connectivity index (χ1n) is 7.53. The Kier molecular flexibility index (Phi) is 7.89. The molecule has 0 fully saturated rings. The lowest BCUT2D eigenvalue weighted by molar-refractivity contribution is -0.161. The Hall–Kier alpha value is -2.17. The van der Waals surface area contributed by atoms with Gasteiger partial charge in [-0.2, -0.15) is 0 Å². The van der Waals surface area contributed by atoms with Crippen molar-refractivity contribution in [3.8, 4) is 5.75 Å². The highest BCUT2D eigenvalue weighted by Crippen LogP contribution is 2.12. The number of unbranched alkanes of at least 4 members (excludes halogenated alkanes) is 3. The Morgan fingerprint density at radius 1 is 1.09 bits per heavy atom. The van der Waals surface area contributed by atoms with E-state index in [9.17, 15) is 14.4 Å². The molecule has 1 aromatic rings. The van der Waals surface area contributed by atoms with Gasteiger partial charge in [0.1, 0.15) is 0 Å². The molecule has 5 nitrogen and oxygen atoms in total. The second-order valence-electron chi connectivity index (χ2n) is 5.01. The summed E-state index contributed by atoms with van der Waals surface area (Å²) in [6.45, 7) is 3.33. The van der Waals surface area contributed by atoms with E-state index in [0.717, 1.165) is 25.7 Å². The van der Waals surface area contributed by atoms with Gasteiger partial charge in [-0.3, -0.25) is 9.59 Å². The zero-order valence-electron chi connectivity index (χ0n) is 13.0. The molecule has 1 atom stereocenters. The normalized spacial score (nSPS) is 11.5.